The van der Waals surface area contributed by atoms with E-state index in [1.807, 2.05) is 6.92 Å². The first-order valence-electron chi connectivity index (χ1n) is 8.32. The summed E-state index contributed by atoms with van der Waals surface area (Å²) in [4.78, 5) is 35.1. The number of carbonyl (C=O) groups is 2. The van der Waals surface area contributed by atoms with Gasteiger partial charge in [-0.1, -0.05) is 18.2 Å². The van der Waals surface area contributed by atoms with Gasteiger partial charge in [-0.15, -0.1) is 0 Å². The summed E-state index contributed by atoms with van der Waals surface area (Å²) in [5, 5.41) is 13.6. The van der Waals surface area contributed by atoms with Gasteiger partial charge < -0.3 is 14.8 Å². The van der Waals surface area contributed by atoms with Gasteiger partial charge in [0.15, 0.2) is 6.10 Å². The molecule has 1 N–H and O–H groups in total. The van der Waals surface area contributed by atoms with E-state index in [0.29, 0.717) is 18.0 Å². The molecule has 2 aromatic rings. The van der Waals surface area contributed by atoms with Gasteiger partial charge in [0, 0.05) is 11.6 Å². The molecule has 1 amide bonds. The number of rotatable bonds is 7. The summed E-state index contributed by atoms with van der Waals surface area (Å²) in [7, 11) is 0. The van der Waals surface area contributed by atoms with Gasteiger partial charge in [0.05, 0.1) is 22.8 Å². The van der Waals surface area contributed by atoms with Crippen LogP contribution >= 0.6 is 0 Å². The minimum atomic E-state index is -1.11. The fourth-order valence-corrected chi connectivity index (χ4v) is 2.41. The highest BCUT2D eigenvalue weighted by Crippen LogP contribution is 2.25. The van der Waals surface area contributed by atoms with Crippen LogP contribution in [0.5, 0.6) is 5.75 Å². The molecule has 0 aromatic heterocycles. The third-order valence-corrected chi connectivity index (χ3v) is 3.82. The van der Waals surface area contributed by atoms with Crippen LogP contribution in [0, 0.1) is 17.0 Å². The molecule has 0 aliphatic heterocycles. The number of para-hydroxylation sites is 2. The van der Waals surface area contributed by atoms with E-state index in [2.05, 4.69) is 5.32 Å². The fraction of sp³-hybridized carbons (Fsp3) is 0.263. The van der Waals surface area contributed by atoms with Crippen molar-refractivity contribution in [2.75, 3.05) is 11.9 Å². The van der Waals surface area contributed by atoms with Gasteiger partial charge in [-0.3, -0.25) is 14.9 Å². The lowest BCUT2D eigenvalue weighted by atomic mass is 10.1. The Hall–Kier alpha value is -3.42. The second-order valence-corrected chi connectivity index (χ2v) is 5.67. The van der Waals surface area contributed by atoms with Gasteiger partial charge >= 0.3 is 5.97 Å². The van der Waals surface area contributed by atoms with E-state index in [0.717, 1.165) is 0 Å². The van der Waals surface area contributed by atoms with Gasteiger partial charge in [0.2, 0.25) is 0 Å². The standard InChI is InChI=1S/C19H20N2O6/c1-4-26-17-11-6-5-9-15(17)20-18(22)13(3)27-19(23)14-8-7-10-16(12(14)2)21(24)25/h5-11,13H,4H2,1-3H3,(H,20,22)/t13-/m1/s1. The number of nitro groups is 1. The lowest BCUT2D eigenvalue weighted by Gasteiger charge is -2.16. The average Bonchev–Trinajstić information content (AvgIpc) is 2.63. The predicted octanol–water partition coefficient (Wildman–Crippen LogP) is 3.49. The number of hydrogen-bond donors (Lipinski definition) is 1. The summed E-state index contributed by atoms with van der Waals surface area (Å²) >= 11 is 0. The van der Waals surface area contributed by atoms with E-state index in [4.69, 9.17) is 9.47 Å². The van der Waals surface area contributed by atoms with E-state index < -0.39 is 22.9 Å². The van der Waals surface area contributed by atoms with Crippen molar-refractivity contribution in [3.8, 4) is 5.75 Å². The van der Waals surface area contributed by atoms with Crippen molar-refractivity contribution in [1.29, 1.82) is 0 Å². The summed E-state index contributed by atoms with van der Waals surface area (Å²) in [6.45, 7) is 5.13. The van der Waals surface area contributed by atoms with Crippen molar-refractivity contribution in [1.82, 2.24) is 0 Å². The van der Waals surface area contributed by atoms with Crippen LogP contribution in [-0.2, 0) is 9.53 Å². The maximum atomic E-state index is 12.3. The summed E-state index contributed by atoms with van der Waals surface area (Å²) < 4.78 is 10.6. The van der Waals surface area contributed by atoms with Crippen LogP contribution in [0.25, 0.3) is 0 Å². The number of amides is 1. The maximum Gasteiger partial charge on any atom is 0.339 e. The van der Waals surface area contributed by atoms with E-state index in [1.165, 1.54) is 32.0 Å². The first kappa shape index (κ1) is 19.9. The van der Waals surface area contributed by atoms with E-state index >= 15 is 0 Å². The Morgan fingerprint density at radius 1 is 1.19 bits per heavy atom. The highest BCUT2D eigenvalue weighted by molar-refractivity contribution is 5.98. The van der Waals surface area contributed by atoms with Crippen LogP contribution in [-0.4, -0.2) is 29.5 Å². The summed E-state index contributed by atoms with van der Waals surface area (Å²) in [6.07, 6.45) is -1.11. The fourth-order valence-electron chi connectivity index (χ4n) is 2.41. The molecular formula is C19H20N2O6. The summed E-state index contributed by atoms with van der Waals surface area (Å²) in [5.74, 6) is -0.850. The number of hydrogen-bond acceptors (Lipinski definition) is 6. The number of nitrogens with zero attached hydrogens (tertiary/aromatic N) is 1. The quantitative estimate of drug-likeness (QED) is 0.453. The van der Waals surface area contributed by atoms with Crippen molar-refractivity contribution in [3.63, 3.8) is 0 Å². The molecule has 0 fully saturated rings. The molecule has 0 unspecified atom stereocenters. The Kier molecular flexibility index (Phi) is 6.48. The maximum absolute atomic E-state index is 12.3. The van der Waals surface area contributed by atoms with Crippen LogP contribution in [0.3, 0.4) is 0 Å². The molecular weight excluding hydrogens is 352 g/mol. The number of nitrogens with one attached hydrogen (secondary N) is 1. The molecule has 2 aromatic carbocycles. The third-order valence-electron chi connectivity index (χ3n) is 3.82. The normalized spacial score (nSPS) is 11.4. The number of esters is 1. The molecule has 0 saturated heterocycles. The Balaban J connectivity index is 2.10. The van der Waals surface area contributed by atoms with E-state index in [-0.39, 0.29) is 16.8 Å². The Labute approximate surface area is 156 Å². The monoisotopic (exact) mass is 372 g/mol. The van der Waals surface area contributed by atoms with Crippen LogP contribution in [0.4, 0.5) is 11.4 Å². The molecule has 0 spiro atoms. The topological polar surface area (TPSA) is 108 Å². The molecule has 27 heavy (non-hydrogen) atoms. The molecule has 2 rings (SSSR count). The minimum Gasteiger partial charge on any atom is -0.492 e. The number of ether oxygens (including phenoxy) is 2. The van der Waals surface area contributed by atoms with Gasteiger partial charge in [0.25, 0.3) is 11.6 Å². The van der Waals surface area contributed by atoms with Crippen molar-refractivity contribution >= 4 is 23.3 Å². The highest BCUT2D eigenvalue weighted by Gasteiger charge is 2.23. The van der Waals surface area contributed by atoms with Crippen molar-refractivity contribution in [2.45, 2.75) is 26.9 Å². The van der Waals surface area contributed by atoms with Crippen molar-refractivity contribution in [2.24, 2.45) is 0 Å². The molecule has 0 radical (unpaired) electrons. The Bertz CT molecular complexity index is 865. The lowest BCUT2D eigenvalue weighted by Crippen LogP contribution is -2.30. The third kappa shape index (κ3) is 4.81. The average molecular weight is 372 g/mol. The van der Waals surface area contributed by atoms with Crippen LogP contribution in [0.2, 0.25) is 0 Å². The van der Waals surface area contributed by atoms with Gasteiger partial charge in [-0.25, -0.2) is 4.79 Å². The predicted molar refractivity (Wildman–Crippen MR) is 99.0 cm³/mol. The zero-order chi connectivity index (χ0) is 20.0. The first-order valence-corrected chi connectivity index (χ1v) is 8.32. The number of carbonyl (C=O) groups excluding carboxylic acids is 2. The molecule has 0 bridgehead atoms. The van der Waals surface area contributed by atoms with Crippen LogP contribution in [0.15, 0.2) is 42.5 Å². The first-order chi connectivity index (χ1) is 12.8. The molecule has 1 atom stereocenters. The molecule has 0 saturated carbocycles. The second-order valence-electron chi connectivity index (χ2n) is 5.67. The smallest absolute Gasteiger partial charge is 0.339 e. The Morgan fingerprint density at radius 2 is 1.89 bits per heavy atom. The number of anilines is 1. The Morgan fingerprint density at radius 3 is 2.56 bits per heavy atom. The van der Waals surface area contributed by atoms with Crippen molar-refractivity contribution in [3.05, 3.63) is 63.7 Å². The largest absolute Gasteiger partial charge is 0.492 e. The highest BCUT2D eigenvalue weighted by atomic mass is 16.6. The SMILES string of the molecule is CCOc1ccccc1NC(=O)[C@@H](C)OC(=O)c1cccc([N+](=O)[O-])c1C. The molecule has 0 aliphatic rings. The molecule has 0 heterocycles. The summed E-state index contributed by atoms with van der Waals surface area (Å²) in [6, 6.07) is 11.0. The van der Waals surface area contributed by atoms with E-state index in [1.54, 1.807) is 24.3 Å². The number of nitro benzene ring substituents is 1. The zero-order valence-corrected chi connectivity index (χ0v) is 15.2. The lowest BCUT2D eigenvalue weighted by molar-refractivity contribution is -0.385. The molecule has 8 nitrogen and oxygen atoms in total. The van der Waals surface area contributed by atoms with Gasteiger partial charge in [-0.2, -0.15) is 0 Å². The minimum absolute atomic E-state index is 0.0403. The molecule has 0 aliphatic carbocycles. The second kappa shape index (κ2) is 8.79. The van der Waals surface area contributed by atoms with Crippen LogP contribution < -0.4 is 10.1 Å². The van der Waals surface area contributed by atoms with Gasteiger partial charge in [0.1, 0.15) is 5.75 Å². The number of benzene rings is 2. The molecule has 142 valence electrons. The molecule has 8 heteroatoms. The van der Waals surface area contributed by atoms with Gasteiger partial charge in [-0.05, 0) is 39.0 Å². The van der Waals surface area contributed by atoms with Crippen molar-refractivity contribution < 1.29 is 24.0 Å². The van der Waals surface area contributed by atoms with E-state index in [9.17, 15) is 19.7 Å². The van der Waals surface area contributed by atoms with Crippen LogP contribution in [0.1, 0.15) is 29.8 Å². The summed E-state index contributed by atoms with van der Waals surface area (Å²) in [5.41, 5.74) is 0.492. The zero-order valence-electron chi connectivity index (χ0n) is 15.2.